The smallest absolute Gasteiger partial charge is 0.254 e. The third kappa shape index (κ3) is 4.33. The molecule has 100 valence electrons. The van der Waals surface area contributed by atoms with Gasteiger partial charge in [0.1, 0.15) is 5.75 Å². The highest BCUT2D eigenvalue weighted by atomic mass is 79.9. The lowest BCUT2D eigenvalue weighted by Gasteiger charge is -2.20. The molecule has 0 saturated heterocycles. The first-order valence-electron chi connectivity index (χ1n) is 6.31. The molecule has 1 aromatic carbocycles. The van der Waals surface area contributed by atoms with E-state index in [2.05, 4.69) is 22.9 Å². The van der Waals surface area contributed by atoms with Gasteiger partial charge >= 0.3 is 0 Å². The van der Waals surface area contributed by atoms with Crippen LogP contribution >= 0.6 is 15.9 Å². The van der Waals surface area contributed by atoms with Gasteiger partial charge in [-0.05, 0) is 31.5 Å². The van der Waals surface area contributed by atoms with Gasteiger partial charge in [0.25, 0.3) is 5.91 Å². The van der Waals surface area contributed by atoms with Gasteiger partial charge in [0.2, 0.25) is 0 Å². The summed E-state index contributed by atoms with van der Waals surface area (Å²) in [5.41, 5.74) is 0.686. The van der Waals surface area contributed by atoms with Crippen LogP contribution in [-0.4, -0.2) is 35.8 Å². The molecule has 0 atom stereocenters. The molecule has 0 unspecified atom stereocenters. The molecule has 0 aliphatic heterocycles. The average molecular weight is 314 g/mol. The van der Waals surface area contributed by atoms with Crippen LogP contribution in [0.3, 0.4) is 0 Å². The van der Waals surface area contributed by atoms with Gasteiger partial charge < -0.3 is 9.64 Å². The van der Waals surface area contributed by atoms with Crippen molar-refractivity contribution in [3.8, 4) is 5.75 Å². The van der Waals surface area contributed by atoms with Crippen molar-refractivity contribution in [1.29, 1.82) is 0 Å². The normalized spacial score (nSPS) is 10.2. The monoisotopic (exact) mass is 313 g/mol. The van der Waals surface area contributed by atoms with Gasteiger partial charge in [-0.2, -0.15) is 0 Å². The van der Waals surface area contributed by atoms with Gasteiger partial charge in [-0.1, -0.05) is 28.9 Å². The Bertz CT molecular complexity index is 382. The van der Waals surface area contributed by atoms with E-state index in [1.807, 2.05) is 36.1 Å². The lowest BCUT2D eigenvalue weighted by atomic mass is 10.2. The van der Waals surface area contributed by atoms with Gasteiger partial charge in [-0.25, -0.2) is 0 Å². The number of carbonyl (C=O) groups is 1. The van der Waals surface area contributed by atoms with Gasteiger partial charge in [0, 0.05) is 24.0 Å². The molecule has 1 amide bonds. The van der Waals surface area contributed by atoms with Gasteiger partial charge in [0.15, 0.2) is 0 Å². The number of benzene rings is 1. The molecule has 0 N–H and O–H groups in total. The maximum Gasteiger partial charge on any atom is 0.254 e. The van der Waals surface area contributed by atoms with Crippen molar-refractivity contribution < 1.29 is 9.53 Å². The van der Waals surface area contributed by atoms with Crippen LogP contribution in [0.25, 0.3) is 0 Å². The Morgan fingerprint density at radius 1 is 1.39 bits per heavy atom. The fourth-order valence-corrected chi connectivity index (χ4v) is 2.05. The Kier molecular flexibility index (Phi) is 6.80. The molecule has 0 bridgehead atoms. The summed E-state index contributed by atoms with van der Waals surface area (Å²) in [5.74, 6) is 0.816. The lowest BCUT2D eigenvalue weighted by molar-refractivity contribution is 0.0774. The minimum atomic E-state index is 0.0545. The van der Waals surface area contributed by atoms with E-state index in [1.54, 1.807) is 0 Å². The summed E-state index contributed by atoms with van der Waals surface area (Å²) in [6.45, 7) is 6.15. The summed E-state index contributed by atoms with van der Waals surface area (Å²) in [7, 11) is 0. The predicted octanol–water partition coefficient (Wildman–Crippen LogP) is 3.33. The molecule has 0 saturated carbocycles. The van der Waals surface area contributed by atoms with Crippen molar-refractivity contribution in [1.82, 2.24) is 4.90 Å². The number of carbonyl (C=O) groups excluding carboxylic acids is 1. The maximum absolute atomic E-state index is 12.2. The minimum absolute atomic E-state index is 0.0545. The Hall–Kier alpha value is -1.03. The quantitative estimate of drug-likeness (QED) is 0.723. The molecular formula is C14H20BrNO2. The summed E-state index contributed by atoms with van der Waals surface area (Å²) >= 11 is 3.36. The summed E-state index contributed by atoms with van der Waals surface area (Å²) in [4.78, 5) is 14.1. The van der Waals surface area contributed by atoms with Crippen molar-refractivity contribution in [2.24, 2.45) is 0 Å². The predicted molar refractivity (Wildman–Crippen MR) is 77.6 cm³/mol. The highest BCUT2D eigenvalue weighted by molar-refractivity contribution is 9.09. The molecule has 1 aromatic rings. The van der Waals surface area contributed by atoms with Crippen LogP contribution in [0.4, 0.5) is 0 Å². The number of ether oxygens (including phenoxy) is 1. The fraction of sp³-hybridized carbons (Fsp3) is 0.500. The van der Waals surface area contributed by atoms with Crippen LogP contribution in [0.2, 0.25) is 0 Å². The van der Waals surface area contributed by atoms with E-state index in [-0.39, 0.29) is 5.91 Å². The molecule has 0 spiro atoms. The topological polar surface area (TPSA) is 29.5 Å². The van der Waals surface area contributed by atoms with Crippen molar-refractivity contribution in [2.45, 2.75) is 20.3 Å². The largest absolute Gasteiger partial charge is 0.494 e. The molecule has 0 heterocycles. The van der Waals surface area contributed by atoms with E-state index in [0.717, 1.165) is 24.0 Å². The Labute approximate surface area is 117 Å². The van der Waals surface area contributed by atoms with E-state index in [9.17, 15) is 4.79 Å². The van der Waals surface area contributed by atoms with E-state index < -0.39 is 0 Å². The zero-order valence-electron chi connectivity index (χ0n) is 11.0. The molecule has 0 aliphatic rings. The maximum atomic E-state index is 12.2. The zero-order chi connectivity index (χ0) is 13.4. The second-order valence-corrected chi connectivity index (χ2v) is 4.74. The van der Waals surface area contributed by atoms with Crippen LogP contribution in [-0.2, 0) is 0 Å². The molecule has 18 heavy (non-hydrogen) atoms. The number of hydrogen-bond donors (Lipinski definition) is 0. The van der Waals surface area contributed by atoms with Gasteiger partial charge in [0.05, 0.1) is 6.61 Å². The summed E-state index contributed by atoms with van der Waals surface area (Å²) in [6, 6.07) is 7.39. The highest BCUT2D eigenvalue weighted by Gasteiger charge is 2.13. The van der Waals surface area contributed by atoms with E-state index in [1.165, 1.54) is 0 Å². The number of hydrogen-bond acceptors (Lipinski definition) is 2. The number of rotatable bonds is 7. The molecule has 0 radical (unpaired) electrons. The summed E-state index contributed by atoms with van der Waals surface area (Å²) in [6.07, 6.45) is 0.961. The standard InChI is InChI=1S/C14H20BrNO2/c1-3-10-18-13-7-5-6-12(11-13)14(17)16(4-2)9-8-15/h5-7,11H,3-4,8-10H2,1-2H3. The third-order valence-corrected chi connectivity index (χ3v) is 2.93. The molecule has 1 rings (SSSR count). The number of halogens is 1. The average Bonchev–Trinajstić information content (AvgIpc) is 2.42. The second-order valence-electron chi connectivity index (χ2n) is 3.95. The number of alkyl halides is 1. The van der Waals surface area contributed by atoms with E-state index in [4.69, 9.17) is 4.74 Å². The van der Waals surface area contributed by atoms with Crippen LogP contribution in [0.1, 0.15) is 30.6 Å². The zero-order valence-corrected chi connectivity index (χ0v) is 12.6. The molecule has 0 aliphatic carbocycles. The van der Waals surface area contributed by atoms with Crippen molar-refractivity contribution >= 4 is 21.8 Å². The first kappa shape index (κ1) is 15.0. The van der Waals surface area contributed by atoms with Gasteiger partial charge in [-0.3, -0.25) is 4.79 Å². The van der Waals surface area contributed by atoms with E-state index >= 15 is 0 Å². The third-order valence-electron chi connectivity index (χ3n) is 2.58. The van der Waals surface area contributed by atoms with Crippen molar-refractivity contribution in [3.63, 3.8) is 0 Å². The van der Waals surface area contributed by atoms with Gasteiger partial charge in [-0.15, -0.1) is 0 Å². The number of amides is 1. The minimum Gasteiger partial charge on any atom is -0.494 e. The lowest BCUT2D eigenvalue weighted by Crippen LogP contribution is -2.32. The number of nitrogens with zero attached hydrogens (tertiary/aromatic N) is 1. The van der Waals surface area contributed by atoms with Crippen LogP contribution in [0.5, 0.6) is 5.75 Å². The van der Waals surface area contributed by atoms with Crippen LogP contribution in [0.15, 0.2) is 24.3 Å². The molecular weight excluding hydrogens is 294 g/mol. The van der Waals surface area contributed by atoms with Crippen molar-refractivity contribution in [3.05, 3.63) is 29.8 Å². The Morgan fingerprint density at radius 3 is 2.78 bits per heavy atom. The highest BCUT2D eigenvalue weighted by Crippen LogP contribution is 2.15. The van der Waals surface area contributed by atoms with Crippen LogP contribution in [0, 0.1) is 0 Å². The summed E-state index contributed by atoms with van der Waals surface area (Å²) in [5, 5.41) is 0.790. The second kappa shape index (κ2) is 8.14. The van der Waals surface area contributed by atoms with Crippen molar-refractivity contribution in [2.75, 3.05) is 25.0 Å². The molecule has 3 nitrogen and oxygen atoms in total. The Balaban J connectivity index is 2.78. The first-order valence-corrected chi connectivity index (χ1v) is 7.43. The van der Waals surface area contributed by atoms with E-state index in [0.29, 0.717) is 18.7 Å². The Morgan fingerprint density at radius 2 is 2.17 bits per heavy atom. The molecule has 0 aromatic heterocycles. The molecule has 4 heteroatoms. The first-order chi connectivity index (χ1) is 8.72. The molecule has 0 fully saturated rings. The summed E-state index contributed by atoms with van der Waals surface area (Å²) < 4.78 is 5.54. The SMILES string of the molecule is CCCOc1cccc(C(=O)N(CC)CCBr)c1. The van der Waals surface area contributed by atoms with Crippen LogP contribution < -0.4 is 4.74 Å². The fourth-order valence-electron chi connectivity index (χ4n) is 1.63.